The van der Waals surface area contributed by atoms with Crippen LogP contribution in [-0.2, 0) is 106 Å². The summed E-state index contributed by atoms with van der Waals surface area (Å²) in [5.74, 6) is -9.52. The van der Waals surface area contributed by atoms with Crippen molar-refractivity contribution < 1.29 is 90.8 Å². The maximum atomic E-state index is 15.5. The van der Waals surface area contributed by atoms with Gasteiger partial charge in [0.15, 0.2) is 0 Å². The molecule has 2 saturated heterocycles. The fourth-order valence-electron chi connectivity index (χ4n) is 11.5. The van der Waals surface area contributed by atoms with E-state index in [9.17, 15) is 62.6 Å². The standard InChI is InChI=1S/C58H71FN8O19/c1-6-58(36-25-42-52-34(28-66(42)54(77)35(36)29-84-57(58)80)50-38(61-32(5)68)13-12-33-31(4)37(59)26-39(63-52)49(33)50)85-56(79)51(30(2)3)64-53(76)41-9-8-18-65(41)55(78)40(27-47(73)74)62-44(70)16-19-81-21-23-83-24-22-82-20-17-60-43(69)10-7-11-48(75)86-67-45(71)14-15-46(67)72/h25-26,30,38,40-41,51H,6-24,27-29H2,1-5H3,(H,60,69)(H,61,68)(H,62,70)(H,64,76)(H,73,74)/t38-,40-,41-,51-,58-/m0/s1. The summed E-state index contributed by atoms with van der Waals surface area (Å²) in [7, 11) is 0. The molecule has 0 spiro atoms. The molecular formula is C58H71FN8O19. The SMILES string of the molecule is CC[C@@]1(OC(=O)[C@@H](NC(=O)[C@@H]2CCCN2C(=O)[C@H](CC(=O)O)NC(=O)CCOCCOCCOCCNC(=O)CCCC(=O)ON2C(=O)CCC2=O)C(C)C)C(=O)OCc2c1cc1n(c2=O)Cc2c-1nc1cc(F)c(C)c3c1c2[C@@H](NC(C)=O)CC3. The molecule has 0 radical (unpaired) electrons. The molecule has 8 rings (SSSR count). The molecule has 28 heteroatoms. The Hall–Kier alpha value is -8.24. The second-order valence-corrected chi connectivity index (χ2v) is 22.0. The van der Waals surface area contributed by atoms with Gasteiger partial charge in [-0.25, -0.2) is 23.8 Å². The number of likely N-dealkylation sites (tertiary alicyclic amines) is 1. The second kappa shape index (κ2) is 27.9. The number of nitrogens with zero attached hydrogens (tertiary/aromatic N) is 4. The zero-order chi connectivity index (χ0) is 62.1. The van der Waals surface area contributed by atoms with Gasteiger partial charge < -0.3 is 64.4 Å². The zero-order valence-corrected chi connectivity index (χ0v) is 48.6. The predicted octanol–water partition coefficient (Wildman–Crippen LogP) is 1.63. The van der Waals surface area contributed by atoms with Gasteiger partial charge in [-0.3, -0.25) is 43.2 Å². The first kappa shape index (κ1) is 63.8. The number of amides is 7. The molecule has 0 bridgehead atoms. The Balaban J connectivity index is 0.818. The minimum absolute atomic E-state index is 0.0115. The number of fused-ring (bicyclic) bond motifs is 5. The first-order valence-corrected chi connectivity index (χ1v) is 28.8. The fourth-order valence-corrected chi connectivity index (χ4v) is 11.5. The van der Waals surface area contributed by atoms with Crippen molar-refractivity contribution in [3.05, 3.63) is 61.7 Å². The number of carbonyl (C=O) groups is 11. The van der Waals surface area contributed by atoms with Gasteiger partial charge in [0.2, 0.25) is 35.1 Å². The number of benzene rings is 1. The number of hydrogen-bond acceptors (Lipinski definition) is 19. The van der Waals surface area contributed by atoms with E-state index in [1.165, 1.54) is 17.6 Å². The van der Waals surface area contributed by atoms with Crippen molar-refractivity contribution in [2.24, 2.45) is 5.92 Å². The number of esters is 2. The van der Waals surface area contributed by atoms with E-state index in [-0.39, 0.29) is 139 Å². The Labute approximate surface area is 492 Å². The van der Waals surface area contributed by atoms with E-state index in [0.29, 0.717) is 57.6 Å². The lowest BCUT2D eigenvalue weighted by Gasteiger charge is -2.37. The number of carboxylic acids is 1. The summed E-state index contributed by atoms with van der Waals surface area (Å²) in [5, 5.41) is 21.7. The van der Waals surface area contributed by atoms with E-state index in [2.05, 4.69) is 21.3 Å². The number of carbonyl (C=O) groups excluding carboxylic acids is 10. The van der Waals surface area contributed by atoms with E-state index < -0.39 is 114 Å². The molecule has 5 aliphatic rings. The number of hydroxylamine groups is 2. The van der Waals surface area contributed by atoms with E-state index in [0.717, 1.165) is 10.5 Å². The number of aromatic nitrogens is 2. The number of nitrogens with one attached hydrogen (secondary N) is 4. The van der Waals surface area contributed by atoms with Crippen LogP contribution in [0.1, 0.15) is 138 Å². The maximum absolute atomic E-state index is 15.5. The molecule has 0 unspecified atom stereocenters. The van der Waals surface area contributed by atoms with Crippen LogP contribution in [0.4, 0.5) is 4.39 Å². The van der Waals surface area contributed by atoms with E-state index in [4.69, 9.17) is 33.5 Å². The first-order chi connectivity index (χ1) is 41.0. The van der Waals surface area contributed by atoms with Gasteiger partial charge >= 0.3 is 23.9 Å². The number of pyridine rings is 2. The van der Waals surface area contributed by atoms with Crippen LogP contribution in [0, 0.1) is 18.7 Å². The average molecular weight is 1200 g/mol. The predicted molar refractivity (Wildman–Crippen MR) is 295 cm³/mol. The van der Waals surface area contributed by atoms with Crippen molar-refractivity contribution in [2.45, 2.75) is 155 Å². The van der Waals surface area contributed by atoms with E-state index in [1.54, 1.807) is 33.8 Å². The summed E-state index contributed by atoms with van der Waals surface area (Å²) in [4.78, 5) is 167. The van der Waals surface area contributed by atoms with Crippen molar-refractivity contribution >= 4 is 76.1 Å². The maximum Gasteiger partial charge on any atom is 0.355 e. The van der Waals surface area contributed by atoms with Gasteiger partial charge in [0.1, 0.15) is 30.5 Å². The highest BCUT2D eigenvalue weighted by Crippen LogP contribution is 2.47. The summed E-state index contributed by atoms with van der Waals surface area (Å²) in [6.45, 7) is 8.30. The molecule has 4 aliphatic heterocycles. The summed E-state index contributed by atoms with van der Waals surface area (Å²) in [6, 6.07) is -1.82. The van der Waals surface area contributed by atoms with Crippen LogP contribution in [0.15, 0.2) is 16.9 Å². The summed E-state index contributed by atoms with van der Waals surface area (Å²) in [5.41, 5.74) is 0.802. The van der Waals surface area contributed by atoms with Gasteiger partial charge in [-0.1, -0.05) is 20.8 Å². The number of hydrogen-bond donors (Lipinski definition) is 5. The Morgan fingerprint density at radius 3 is 2.23 bits per heavy atom. The van der Waals surface area contributed by atoms with Crippen molar-refractivity contribution in [3.63, 3.8) is 0 Å². The van der Waals surface area contributed by atoms with Crippen molar-refractivity contribution in [1.82, 2.24) is 40.8 Å². The lowest BCUT2D eigenvalue weighted by molar-refractivity contribution is -0.197. The smallest absolute Gasteiger partial charge is 0.355 e. The van der Waals surface area contributed by atoms with Crippen LogP contribution in [-0.4, -0.2) is 161 Å². The molecule has 0 saturated carbocycles. The highest BCUT2D eigenvalue weighted by Gasteiger charge is 2.52. The van der Waals surface area contributed by atoms with Gasteiger partial charge in [-0.2, -0.15) is 0 Å². The summed E-state index contributed by atoms with van der Waals surface area (Å²) in [6.07, 6.45) is 0.0425. The quantitative estimate of drug-likeness (QED) is 0.0306. The molecule has 2 fully saturated rings. The van der Waals surface area contributed by atoms with Gasteiger partial charge in [-0.05, 0) is 74.1 Å². The van der Waals surface area contributed by atoms with Gasteiger partial charge in [0.25, 0.3) is 17.4 Å². The highest BCUT2D eigenvalue weighted by molar-refractivity contribution is 6.02. The third-order valence-corrected chi connectivity index (χ3v) is 15.8. The number of cyclic esters (lactones) is 1. The number of carboxylic acid groups (broad SMARTS) is 1. The highest BCUT2D eigenvalue weighted by atomic mass is 19.1. The monoisotopic (exact) mass is 1200 g/mol. The molecule has 7 amide bonds. The topological polar surface area (TPSA) is 353 Å². The molecule has 86 heavy (non-hydrogen) atoms. The Bertz CT molecular complexity index is 3280. The molecule has 3 aromatic rings. The number of ether oxygens (including phenoxy) is 5. The summed E-state index contributed by atoms with van der Waals surface area (Å²) < 4.78 is 45.0. The van der Waals surface area contributed by atoms with Gasteiger partial charge in [-0.15, -0.1) is 5.06 Å². The number of halogens is 1. The molecular weight excluding hydrogens is 1130 g/mol. The molecule has 2 aromatic heterocycles. The van der Waals surface area contributed by atoms with Crippen molar-refractivity contribution in [3.8, 4) is 11.4 Å². The van der Waals surface area contributed by atoms with Crippen LogP contribution < -0.4 is 26.8 Å². The third-order valence-electron chi connectivity index (χ3n) is 15.8. The van der Waals surface area contributed by atoms with E-state index >= 15 is 4.39 Å². The van der Waals surface area contributed by atoms with Crippen LogP contribution in [0.25, 0.3) is 22.3 Å². The third kappa shape index (κ3) is 14.0. The van der Waals surface area contributed by atoms with Crippen molar-refractivity contribution in [2.75, 3.05) is 52.7 Å². The second-order valence-electron chi connectivity index (χ2n) is 22.0. The lowest BCUT2D eigenvalue weighted by Crippen LogP contribution is -2.57. The van der Waals surface area contributed by atoms with Crippen molar-refractivity contribution in [1.29, 1.82) is 0 Å². The molecule has 5 N–H and O–H groups in total. The molecule has 1 aromatic carbocycles. The normalized spacial score (nSPS) is 19.1. The van der Waals surface area contributed by atoms with Crippen LogP contribution in [0.5, 0.6) is 0 Å². The number of aliphatic carboxylic acids is 1. The minimum atomic E-state index is -2.20. The first-order valence-electron chi connectivity index (χ1n) is 28.8. The minimum Gasteiger partial charge on any atom is -0.481 e. The molecule has 1 aliphatic carbocycles. The number of aryl methyl sites for hydroxylation is 1. The molecule has 5 atom stereocenters. The Morgan fingerprint density at radius 1 is 0.860 bits per heavy atom. The van der Waals surface area contributed by atoms with Crippen LogP contribution in [0.3, 0.4) is 0 Å². The van der Waals surface area contributed by atoms with Gasteiger partial charge in [0.05, 0.1) is 81.1 Å². The van der Waals surface area contributed by atoms with E-state index in [1.807, 2.05) is 0 Å². The largest absolute Gasteiger partial charge is 0.481 e. The number of imide groups is 1. The average Bonchev–Trinajstić information content (AvgIpc) is 1.44. The Kier molecular flexibility index (Phi) is 20.7. The number of rotatable bonds is 28. The molecule has 464 valence electrons. The Morgan fingerprint density at radius 2 is 1.56 bits per heavy atom. The summed E-state index contributed by atoms with van der Waals surface area (Å²) >= 11 is 0. The molecule has 6 heterocycles. The molecule has 27 nitrogen and oxygen atoms in total. The lowest BCUT2D eigenvalue weighted by atomic mass is 9.81. The fraction of sp³-hybridized carbons (Fsp3) is 0.569. The van der Waals surface area contributed by atoms with Crippen LogP contribution >= 0.6 is 0 Å². The van der Waals surface area contributed by atoms with Gasteiger partial charge in [0, 0.05) is 74.7 Å². The zero-order valence-electron chi connectivity index (χ0n) is 48.6. The van der Waals surface area contributed by atoms with Crippen LogP contribution in [0.2, 0.25) is 0 Å².